The van der Waals surface area contributed by atoms with Gasteiger partial charge in [0.15, 0.2) is 5.78 Å². The summed E-state index contributed by atoms with van der Waals surface area (Å²) in [6, 6.07) is 0.637. The second-order valence-corrected chi connectivity index (χ2v) is 8.63. The number of rotatable bonds is 6. The zero-order valence-corrected chi connectivity index (χ0v) is 13.6. The van der Waals surface area contributed by atoms with Crippen LogP contribution in [0.25, 0.3) is 0 Å². The number of hydrogen-bond donors (Lipinski definition) is 1. The molecule has 2 fully saturated rings. The molecule has 2 aliphatic carbocycles. The van der Waals surface area contributed by atoms with Crippen molar-refractivity contribution in [1.82, 2.24) is 5.32 Å². The van der Waals surface area contributed by atoms with Crippen molar-refractivity contribution in [3.05, 3.63) is 11.1 Å². The van der Waals surface area contributed by atoms with Crippen molar-refractivity contribution >= 4 is 17.5 Å². The van der Waals surface area contributed by atoms with E-state index in [1.54, 1.807) is 11.8 Å². The van der Waals surface area contributed by atoms with Gasteiger partial charge in [0.2, 0.25) is 0 Å². The number of fused-ring (bicyclic) bond motifs is 2. The summed E-state index contributed by atoms with van der Waals surface area (Å²) < 4.78 is -0.199. The summed E-state index contributed by atoms with van der Waals surface area (Å²) in [6.07, 6.45) is 12.1. The molecule has 0 saturated heterocycles. The lowest BCUT2D eigenvalue weighted by molar-refractivity contribution is -0.116. The molecule has 0 aromatic carbocycles. The molecule has 4 unspecified atom stereocenters. The van der Waals surface area contributed by atoms with Crippen molar-refractivity contribution in [2.24, 2.45) is 11.8 Å². The number of thioether (sulfide) groups is 1. The zero-order chi connectivity index (χ0) is 14.2. The molecule has 0 radical (unpaired) electrons. The SMILES string of the molecule is CCCCCC1(C)SC(NC2CC3CCC2C3)=CC1=O. The van der Waals surface area contributed by atoms with Gasteiger partial charge in [0, 0.05) is 12.1 Å². The molecule has 0 aromatic rings. The van der Waals surface area contributed by atoms with Crippen molar-refractivity contribution in [3.63, 3.8) is 0 Å². The van der Waals surface area contributed by atoms with Gasteiger partial charge >= 0.3 is 0 Å². The van der Waals surface area contributed by atoms with Crippen LogP contribution in [0.3, 0.4) is 0 Å². The molecule has 2 bridgehead atoms. The maximum absolute atomic E-state index is 12.3. The lowest BCUT2D eigenvalue weighted by atomic mass is 9.95. The molecule has 0 amide bonds. The first kappa shape index (κ1) is 14.5. The minimum atomic E-state index is -0.199. The van der Waals surface area contributed by atoms with E-state index in [4.69, 9.17) is 0 Å². The Bertz CT molecular complexity index is 419. The molecule has 20 heavy (non-hydrogen) atoms. The van der Waals surface area contributed by atoms with E-state index in [-0.39, 0.29) is 4.75 Å². The summed E-state index contributed by atoms with van der Waals surface area (Å²) in [4.78, 5) is 12.3. The van der Waals surface area contributed by atoms with Crippen LogP contribution in [0.15, 0.2) is 11.1 Å². The lowest BCUT2D eigenvalue weighted by Gasteiger charge is -2.26. The number of carbonyl (C=O) groups is 1. The third-order valence-electron chi connectivity index (χ3n) is 5.44. The van der Waals surface area contributed by atoms with Gasteiger partial charge in [0.25, 0.3) is 0 Å². The van der Waals surface area contributed by atoms with Gasteiger partial charge in [0.1, 0.15) is 0 Å². The Hall–Kier alpha value is -0.440. The highest BCUT2D eigenvalue weighted by Crippen LogP contribution is 2.47. The third-order valence-corrected chi connectivity index (χ3v) is 6.75. The fourth-order valence-electron chi connectivity index (χ4n) is 4.16. The van der Waals surface area contributed by atoms with Gasteiger partial charge in [0.05, 0.1) is 9.78 Å². The van der Waals surface area contributed by atoms with Gasteiger partial charge in [-0.3, -0.25) is 4.79 Å². The quantitative estimate of drug-likeness (QED) is 0.742. The van der Waals surface area contributed by atoms with Crippen LogP contribution in [0.4, 0.5) is 0 Å². The first-order valence-electron chi connectivity index (χ1n) is 8.32. The van der Waals surface area contributed by atoms with Crippen molar-refractivity contribution < 1.29 is 4.79 Å². The van der Waals surface area contributed by atoms with Crippen LogP contribution >= 0.6 is 11.8 Å². The molecule has 0 spiro atoms. The summed E-state index contributed by atoms with van der Waals surface area (Å²) in [7, 11) is 0. The molecule has 1 heterocycles. The molecular weight excluding hydrogens is 266 g/mol. The molecule has 3 aliphatic rings. The van der Waals surface area contributed by atoms with Crippen LogP contribution in [0, 0.1) is 11.8 Å². The Labute approximate surface area is 127 Å². The van der Waals surface area contributed by atoms with Gasteiger partial charge in [-0.15, -0.1) is 0 Å². The smallest absolute Gasteiger partial charge is 0.174 e. The molecule has 1 N–H and O–H groups in total. The number of unbranched alkanes of at least 4 members (excludes halogenated alkanes) is 2. The molecule has 3 heteroatoms. The lowest BCUT2D eigenvalue weighted by Crippen LogP contribution is -2.32. The Morgan fingerprint density at radius 1 is 1.35 bits per heavy atom. The normalized spacial score (nSPS) is 39.4. The van der Waals surface area contributed by atoms with E-state index in [0.717, 1.165) is 23.3 Å². The van der Waals surface area contributed by atoms with Gasteiger partial charge < -0.3 is 5.32 Å². The first-order chi connectivity index (χ1) is 9.60. The Morgan fingerprint density at radius 2 is 2.20 bits per heavy atom. The average Bonchev–Trinajstić information content (AvgIpc) is 3.06. The molecule has 4 atom stereocenters. The molecule has 0 aromatic heterocycles. The van der Waals surface area contributed by atoms with Gasteiger partial charge in [-0.2, -0.15) is 0 Å². The van der Waals surface area contributed by atoms with E-state index in [1.807, 2.05) is 6.08 Å². The van der Waals surface area contributed by atoms with Crippen molar-refractivity contribution in [2.75, 3.05) is 0 Å². The van der Waals surface area contributed by atoms with E-state index in [9.17, 15) is 4.79 Å². The summed E-state index contributed by atoms with van der Waals surface area (Å²) in [5.74, 6) is 2.14. The Morgan fingerprint density at radius 3 is 2.85 bits per heavy atom. The van der Waals surface area contributed by atoms with Crippen molar-refractivity contribution in [3.8, 4) is 0 Å². The zero-order valence-electron chi connectivity index (χ0n) is 12.8. The van der Waals surface area contributed by atoms with Crippen LogP contribution in [0.1, 0.15) is 65.2 Å². The molecule has 112 valence electrons. The minimum Gasteiger partial charge on any atom is -0.377 e. The highest BCUT2D eigenvalue weighted by atomic mass is 32.2. The minimum absolute atomic E-state index is 0.199. The topological polar surface area (TPSA) is 29.1 Å². The van der Waals surface area contributed by atoms with Crippen LogP contribution in [-0.2, 0) is 4.79 Å². The highest BCUT2D eigenvalue weighted by molar-refractivity contribution is 8.05. The summed E-state index contributed by atoms with van der Waals surface area (Å²) in [5.41, 5.74) is 0. The Kier molecular flexibility index (Phi) is 4.16. The third kappa shape index (κ3) is 2.79. The number of nitrogens with one attached hydrogen (secondary N) is 1. The van der Waals surface area contributed by atoms with Crippen molar-refractivity contribution in [2.45, 2.75) is 76.0 Å². The van der Waals surface area contributed by atoms with Gasteiger partial charge in [-0.1, -0.05) is 44.4 Å². The molecular formula is C17H27NOS. The molecule has 2 saturated carbocycles. The summed E-state index contributed by atoms with van der Waals surface area (Å²) >= 11 is 1.79. The number of carbonyl (C=O) groups excluding carboxylic acids is 1. The Balaban J connectivity index is 1.54. The van der Waals surface area contributed by atoms with Crippen LogP contribution in [0.2, 0.25) is 0 Å². The fraction of sp³-hybridized carbons (Fsp3) is 0.824. The number of hydrogen-bond acceptors (Lipinski definition) is 3. The predicted octanol–water partition coefficient (Wildman–Crippen LogP) is 4.26. The van der Waals surface area contributed by atoms with Gasteiger partial charge in [-0.05, 0) is 44.4 Å². The summed E-state index contributed by atoms with van der Waals surface area (Å²) in [5, 5.41) is 4.83. The predicted molar refractivity (Wildman–Crippen MR) is 85.6 cm³/mol. The van der Waals surface area contributed by atoms with Crippen LogP contribution < -0.4 is 5.32 Å². The fourth-order valence-corrected chi connectivity index (χ4v) is 5.42. The maximum Gasteiger partial charge on any atom is 0.174 e. The standard InChI is InChI=1S/C17H27NOS/c1-3-4-5-8-17(2)15(19)11-16(20-17)18-14-10-12-6-7-13(14)9-12/h11-14,18H,3-10H2,1-2H3. The molecule has 2 nitrogen and oxygen atoms in total. The van der Waals surface area contributed by atoms with Crippen LogP contribution in [-0.4, -0.2) is 16.6 Å². The summed E-state index contributed by atoms with van der Waals surface area (Å²) in [6.45, 7) is 4.34. The van der Waals surface area contributed by atoms with E-state index >= 15 is 0 Å². The number of ketones is 1. The largest absolute Gasteiger partial charge is 0.377 e. The first-order valence-corrected chi connectivity index (χ1v) is 9.14. The second-order valence-electron chi connectivity index (χ2n) is 7.09. The van der Waals surface area contributed by atoms with Crippen molar-refractivity contribution in [1.29, 1.82) is 0 Å². The monoisotopic (exact) mass is 293 g/mol. The van der Waals surface area contributed by atoms with E-state index < -0.39 is 0 Å². The van der Waals surface area contributed by atoms with E-state index in [0.29, 0.717) is 11.8 Å². The highest BCUT2D eigenvalue weighted by Gasteiger charge is 2.43. The van der Waals surface area contributed by atoms with Crippen LogP contribution in [0.5, 0.6) is 0 Å². The van der Waals surface area contributed by atoms with E-state index in [2.05, 4.69) is 19.2 Å². The van der Waals surface area contributed by atoms with Gasteiger partial charge in [-0.25, -0.2) is 0 Å². The molecule has 3 rings (SSSR count). The molecule has 1 aliphatic heterocycles. The maximum atomic E-state index is 12.3. The average molecular weight is 293 g/mol. The number of allylic oxidation sites excluding steroid dienone is 1. The second kappa shape index (κ2) is 5.75. The van der Waals surface area contributed by atoms with E-state index in [1.165, 1.54) is 44.9 Å².